The standard InChI is InChI=1S/C17H26ClN6O9PS/c1-32-6-10(34(27,28)29)35(30,31)7-9-12(25)13(26)16(33-9)24-15-11(22-23-24)14(20-17(18)21-15)19-8-4-2-3-5-8/h8-10,12-13,16,25-26H,2-7H2,1H3,(H,19,20,21)(H2,27,28,29)/t9-,10?,12-,13-,16-/m1/s1. The summed E-state index contributed by atoms with van der Waals surface area (Å²) < 4.78 is 48.4. The fourth-order valence-corrected chi connectivity index (χ4v) is 8.04. The van der Waals surface area contributed by atoms with Crippen LogP contribution in [0.15, 0.2) is 0 Å². The Balaban J connectivity index is 1.60. The number of nitrogens with zero attached hydrogens (tertiary/aromatic N) is 5. The maximum absolute atomic E-state index is 12.7. The van der Waals surface area contributed by atoms with Gasteiger partial charge in [-0.05, 0) is 24.4 Å². The summed E-state index contributed by atoms with van der Waals surface area (Å²) in [6, 6.07) is 0.174. The third-order valence-corrected chi connectivity index (χ3v) is 10.7. The summed E-state index contributed by atoms with van der Waals surface area (Å²) in [5, 5.41) is 32.2. The number of aliphatic hydroxyl groups is 2. The van der Waals surface area contributed by atoms with Crippen molar-refractivity contribution in [3.05, 3.63) is 5.28 Å². The number of sulfone groups is 1. The normalized spacial score (nSPS) is 27.0. The van der Waals surface area contributed by atoms with Crippen molar-refractivity contribution in [3.8, 4) is 0 Å². The average molecular weight is 557 g/mol. The van der Waals surface area contributed by atoms with Gasteiger partial charge in [0.05, 0.1) is 12.4 Å². The molecule has 1 saturated heterocycles. The number of rotatable bonds is 9. The topological polar surface area (TPSA) is 219 Å². The smallest absolute Gasteiger partial charge is 0.345 e. The maximum Gasteiger partial charge on any atom is 0.345 e. The molecule has 1 unspecified atom stereocenters. The van der Waals surface area contributed by atoms with Gasteiger partial charge in [-0.3, -0.25) is 4.57 Å². The van der Waals surface area contributed by atoms with Crippen LogP contribution >= 0.6 is 19.2 Å². The van der Waals surface area contributed by atoms with Crippen molar-refractivity contribution in [2.24, 2.45) is 0 Å². The van der Waals surface area contributed by atoms with Crippen LogP contribution in [0.5, 0.6) is 0 Å². The fourth-order valence-electron chi connectivity index (χ4n) is 4.30. The number of methoxy groups -OCH3 is 1. The first kappa shape index (κ1) is 26.6. The summed E-state index contributed by atoms with van der Waals surface area (Å²) in [4.78, 5) is 25.0. The highest BCUT2D eigenvalue weighted by atomic mass is 35.5. The Labute approximate surface area is 204 Å². The Hall–Kier alpha value is -1.49. The van der Waals surface area contributed by atoms with Gasteiger partial charge in [0.25, 0.3) is 0 Å². The number of hydrogen-bond acceptors (Lipinski definition) is 12. The van der Waals surface area contributed by atoms with Crippen molar-refractivity contribution < 1.29 is 42.5 Å². The first-order chi connectivity index (χ1) is 16.4. The molecule has 2 aromatic rings. The van der Waals surface area contributed by atoms with Gasteiger partial charge in [0.1, 0.15) is 18.3 Å². The van der Waals surface area contributed by atoms with Crippen molar-refractivity contribution >= 4 is 46.0 Å². The van der Waals surface area contributed by atoms with E-state index >= 15 is 0 Å². The lowest BCUT2D eigenvalue weighted by Gasteiger charge is -2.21. The van der Waals surface area contributed by atoms with Crippen LogP contribution < -0.4 is 5.32 Å². The quantitative estimate of drug-likeness (QED) is 0.192. The van der Waals surface area contributed by atoms with Crippen LogP contribution in [0.1, 0.15) is 31.9 Å². The number of nitrogens with one attached hydrogen (secondary N) is 1. The van der Waals surface area contributed by atoms with Crippen LogP contribution in [0.3, 0.4) is 0 Å². The molecule has 5 atom stereocenters. The SMILES string of the molecule is COCC(P(=O)(O)O)S(=O)(=O)C[C@H]1O[C@@H](n2nnc3c(NC4CCCC4)nc(Cl)nc32)[C@H](O)[C@@H]1O. The number of anilines is 1. The predicted octanol–water partition coefficient (Wildman–Crippen LogP) is -0.587. The van der Waals surface area contributed by atoms with E-state index in [1.54, 1.807) is 0 Å². The van der Waals surface area contributed by atoms with E-state index in [2.05, 4.69) is 30.3 Å². The van der Waals surface area contributed by atoms with E-state index in [9.17, 15) is 33.0 Å². The molecular weight excluding hydrogens is 531 g/mol. The van der Waals surface area contributed by atoms with Crippen molar-refractivity contribution in [3.63, 3.8) is 0 Å². The van der Waals surface area contributed by atoms with E-state index in [4.69, 9.17) is 16.3 Å². The van der Waals surface area contributed by atoms with E-state index in [1.807, 2.05) is 0 Å². The van der Waals surface area contributed by atoms with Gasteiger partial charge in [0.2, 0.25) is 5.28 Å². The van der Waals surface area contributed by atoms with Crippen LogP contribution in [-0.2, 0) is 23.9 Å². The molecule has 1 aliphatic carbocycles. The van der Waals surface area contributed by atoms with E-state index in [0.29, 0.717) is 5.82 Å². The molecule has 1 aliphatic heterocycles. The van der Waals surface area contributed by atoms with E-state index < -0.39 is 59.3 Å². The zero-order valence-corrected chi connectivity index (χ0v) is 21.0. The molecule has 15 nitrogen and oxygen atoms in total. The van der Waals surface area contributed by atoms with Gasteiger partial charge >= 0.3 is 7.60 Å². The number of aliphatic hydroxyl groups excluding tert-OH is 2. The first-order valence-electron chi connectivity index (χ1n) is 10.7. The number of halogens is 1. The van der Waals surface area contributed by atoms with Crippen molar-refractivity contribution in [2.45, 2.75) is 61.3 Å². The second-order valence-corrected chi connectivity index (χ2v) is 13.3. The van der Waals surface area contributed by atoms with Gasteiger partial charge in [-0.2, -0.15) is 14.6 Å². The van der Waals surface area contributed by atoms with Crippen molar-refractivity contribution in [1.82, 2.24) is 25.0 Å². The Morgan fingerprint density at radius 3 is 2.57 bits per heavy atom. The molecule has 0 spiro atoms. The molecule has 1 saturated carbocycles. The molecule has 2 aromatic heterocycles. The van der Waals surface area contributed by atoms with Gasteiger partial charge in [0.15, 0.2) is 38.0 Å². The van der Waals surface area contributed by atoms with Crippen LogP contribution in [0.4, 0.5) is 5.82 Å². The Morgan fingerprint density at radius 2 is 1.94 bits per heavy atom. The molecule has 2 fully saturated rings. The van der Waals surface area contributed by atoms with Crippen LogP contribution in [0.2, 0.25) is 5.28 Å². The number of hydrogen-bond donors (Lipinski definition) is 5. The predicted molar refractivity (Wildman–Crippen MR) is 121 cm³/mol. The molecule has 4 rings (SSSR count). The van der Waals surface area contributed by atoms with Gasteiger partial charge < -0.3 is 34.8 Å². The highest BCUT2D eigenvalue weighted by molar-refractivity contribution is 7.98. The molecular formula is C17H26ClN6O9PS. The molecule has 0 radical (unpaired) electrons. The van der Waals surface area contributed by atoms with Crippen LogP contribution in [-0.4, -0.2) is 102 Å². The van der Waals surface area contributed by atoms with Crippen LogP contribution in [0, 0.1) is 0 Å². The van der Waals surface area contributed by atoms with Crippen molar-refractivity contribution in [1.29, 1.82) is 0 Å². The van der Waals surface area contributed by atoms with Gasteiger partial charge in [-0.15, -0.1) is 5.10 Å². The molecule has 0 amide bonds. The molecule has 0 bridgehead atoms. The minimum Gasteiger partial charge on any atom is -0.387 e. The van der Waals surface area contributed by atoms with Gasteiger partial charge in [-0.25, -0.2) is 8.42 Å². The largest absolute Gasteiger partial charge is 0.387 e. The van der Waals surface area contributed by atoms with Gasteiger partial charge in [-0.1, -0.05) is 18.1 Å². The fraction of sp³-hybridized carbons (Fsp3) is 0.765. The molecule has 3 heterocycles. The molecule has 5 N–H and O–H groups in total. The zero-order chi connectivity index (χ0) is 25.5. The Bertz CT molecular complexity index is 1220. The summed E-state index contributed by atoms with van der Waals surface area (Å²) in [7, 11) is -8.54. The minimum atomic E-state index is -5.10. The third-order valence-electron chi connectivity index (χ3n) is 6.07. The van der Waals surface area contributed by atoms with Crippen molar-refractivity contribution in [2.75, 3.05) is 24.8 Å². The summed E-state index contributed by atoms with van der Waals surface area (Å²) in [6.45, 7) is -0.763. The lowest BCUT2D eigenvalue weighted by atomic mass is 10.1. The van der Waals surface area contributed by atoms with E-state index in [0.717, 1.165) is 37.5 Å². The molecule has 2 aliphatic rings. The molecule has 0 aromatic carbocycles. The highest BCUT2D eigenvalue weighted by Crippen LogP contribution is 2.45. The average Bonchev–Trinajstić information content (AvgIpc) is 3.48. The molecule has 196 valence electrons. The molecule has 18 heteroatoms. The minimum absolute atomic E-state index is 0.0812. The first-order valence-corrected chi connectivity index (χ1v) is 14.5. The van der Waals surface area contributed by atoms with Crippen LogP contribution in [0.25, 0.3) is 11.2 Å². The second-order valence-electron chi connectivity index (χ2n) is 8.55. The van der Waals surface area contributed by atoms with E-state index in [1.165, 1.54) is 0 Å². The third kappa shape index (κ3) is 5.45. The summed E-state index contributed by atoms with van der Waals surface area (Å²) >= 11 is 6.08. The number of ether oxygens (including phenoxy) is 2. The van der Waals surface area contributed by atoms with E-state index in [-0.39, 0.29) is 22.5 Å². The lowest BCUT2D eigenvalue weighted by molar-refractivity contribution is -0.0375. The summed E-state index contributed by atoms with van der Waals surface area (Å²) in [5.41, 5.74) is 0.321. The number of aromatic nitrogens is 5. The maximum atomic E-state index is 12.7. The zero-order valence-electron chi connectivity index (χ0n) is 18.5. The molecule has 35 heavy (non-hydrogen) atoms. The summed E-state index contributed by atoms with van der Waals surface area (Å²) in [6.07, 6.45) is -2.27. The van der Waals surface area contributed by atoms with Gasteiger partial charge in [0, 0.05) is 13.2 Å². The summed E-state index contributed by atoms with van der Waals surface area (Å²) in [5.74, 6) is -0.646. The second kappa shape index (κ2) is 10.1. The lowest BCUT2D eigenvalue weighted by Crippen LogP contribution is -2.39. The highest BCUT2D eigenvalue weighted by Gasteiger charge is 2.50. The Kier molecular flexibility index (Phi) is 7.67. The number of fused-ring (bicyclic) bond motifs is 1. The Morgan fingerprint density at radius 1 is 1.26 bits per heavy atom. The monoisotopic (exact) mass is 556 g/mol.